The maximum atomic E-state index is 5.76. The van der Waals surface area contributed by atoms with E-state index in [1.54, 1.807) is 0 Å². The number of hydrogen-bond donors (Lipinski definition) is 0. The summed E-state index contributed by atoms with van der Waals surface area (Å²) < 4.78 is 3.73. The van der Waals surface area contributed by atoms with Crippen LogP contribution in [0.25, 0.3) is 0 Å². The molecule has 0 aliphatic rings. The first-order valence-corrected chi connectivity index (χ1v) is 8.93. The van der Waals surface area contributed by atoms with Crippen molar-refractivity contribution in [1.29, 1.82) is 0 Å². The van der Waals surface area contributed by atoms with Crippen LogP contribution in [0, 0.1) is 0 Å². The quantitative estimate of drug-likeness (QED) is 0.297. The van der Waals surface area contributed by atoms with E-state index in [2.05, 4.69) is 6.92 Å². The molecule has 0 aromatic carbocycles. The van der Waals surface area contributed by atoms with Crippen LogP contribution in [0.4, 0.5) is 0 Å². The molecular weight excluding hydrogens is 320 g/mol. The Morgan fingerprint density at radius 3 is 2.13 bits per heavy atom. The minimum Gasteiger partial charge on any atom is -0.324 e. The van der Waals surface area contributed by atoms with Crippen molar-refractivity contribution in [2.75, 3.05) is 0 Å². The lowest BCUT2D eigenvalue weighted by Gasteiger charge is -2.24. The first-order chi connectivity index (χ1) is 6.88. The van der Waals surface area contributed by atoms with E-state index < -0.39 is 16.8 Å². The van der Waals surface area contributed by atoms with Crippen molar-refractivity contribution in [1.82, 2.24) is 0 Å². The van der Waals surface area contributed by atoms with Crippen molar-refractivity contribution in [3.05, 3.63) is 0 Å². The smallest absolute Gasteiger partial charge is 0.225 e. The van der Waals surface area contributed by atoms with Gasteiger partial charge in [0, 0.05) is 0 Å². The molecule has 1 nitrogen and oxygen atoms in total. The van der Waals surface area contributed by atoms with Gasteiger partial charge in [-0.15, -0.1) is 0 Å². The van der Waals surface area contributed by atoms with Crippen molar-refractivity contribution in [2.45, 2.75) is 48.9 Å². The first-order valence-electron chi connectivity index (χ1n) is 4.73. The van der Waals surface area contributed by atoms with E-state index in [4.69, 9.17) is 61.8 Å². The Morgan fingerprint density at radius 2 is 1.73 bits per heavy atom. The second kappa shape index (κ2) is 8.86. The van der Waals surface area contributed by atoms with Crippen LogP contribution in [0.1, 0.15) is 39.0 Å². The minimum atomic E-state index is -1.54. The summed E-state index contributed by atoms with van der Waals surface area (Å²) in [5.41, 5.74) is 0. The Balaban J connectivity index is 3.92. The van der Waals surface area contributed by atoms with E-state index in [9.17, 15) is 0 Å². The number of rotatable bonds is 7. The Kier molecular flexibility index (Phi) is 9.95. The van der Waals surface area contributed by atoms with Gasteiger partial charge in [0.1, 0.15) is 6.10 Å². The first kappa shape index (κ1) is 16.8. The molecule has 0 heterocycles. The van der Waals surface area contributed by atoms with Crippen molar-refractivity contribution in [2.24, 2.45) is 0 Å². The number of unbranched alkanes of at least 4 members (excludes halogenated alkanes) is 3. The van der Waals surface area contributed by atoms with Crippen molar-refractivity contribution in [3.8, 4) is 0 Å². The molecule has 0 radical (unpaired) electrons. The molecule has 0 aliphatic carbocycles. The lowest BCUT2D eigenvalue weighted by Crippen LogP contribution is -2.26. The molecule has 0 spiro atoms. The summed E-state index contributed by atoms with van der Waals surface area (Å²) >= 11 is 28.4. The van der Waals surface area contributed by atoms with Crippen LogP contribution in [-0.2, 0) is 4.52 Å². The van der Waals surface area contributed by atoms with Gasteiger partial charge in [-0.1, -0.05) is 67.4 Å². The normalized spacial score (nSPS) is 14.6. The molecule has 0 aromatic rings. The highest BCUT2D eigenvalue weighted by atomic mass is 35.9. The zero-order chi connectivity index (χ0) is 11.9. The predicted molar refractivity (Wildman–Crippen MR) is 72.5 cm³/mol. The van der Waals surface area contributed by atoms with Gasteiger partial charge in [0.15, 0.2) is 0 Å². The minimum absolute atomic E-state index is 0.527. The fourth-order valence-electron chi connectivity index (χ4n) is 1.13. The average Bonchev–Trinajstić information content (AvgIpc) is 2.08. The maximum Gasteiger partial charge on any atom is 0.225 e. The number of alkyl halides is 3. The van der Waals surface area contributed by atoms with Gasteiger partial charge in [-0.05, 0) is 28.9 Å². The number of halogens is 5. The standard InChI is InChI=1S/C8H14Cl5OP/c1-2-3-4-5-6-7(8(9,10)11)14-15(12)13/h7H,2-6H2,1H3. The molecule has 0 rings (SSSR count). The summed E-state index contributed by atoms with van der Waals surface area (Å²) in [6, 6.07) is 0. The van der Waals surface area contributed by atoms with Crippen LogP contribution in [0.2, 0.25) is 0 Å². The maximum absolute atomic E-state index is 5.76. The van der Waals surface area contributed by atoms with E-state index in [0.717, 1.165) is 19.3 Å². The third kappa shape index (κ3) is 9.53. The average molecular weight is 334 g/mol. The van der Waals surface area contributed by atoms with E-state index in [-0.39, 0.29) is 0 Å². The van der Waals surface area contributed by atoms with E-state index in [1.165, 1.54) is 6.42 Å². The molecule has 0 N–H and O–H groups in total. The number of hydrogen-bond acceptors (Lipinski definition) is 1. The molecule has 0 aromatic heterocycles. The molecule has 15 heavy (non-hydrogen) atoms. The van der Waals surface area contributed by atoms with E-state index in [0.29, 0.717) is 6.42 Å². The van der Waals surface area contributed by atoms with E-state index in [1.807, 2.05) is 0 Å². The largest absolute Gasteiger partial charge is 0.324 e. The van der Waals surface area contributed by atoms with Crippen molar-refractivity contribution < 1.29 is 4.52 Å². The summed E-state index contributed by atoms with van der Waals surface area (Å²) in [6.45, 7) is 0.601. The van der Waals surface area contributed by atoms with Gasteiger partial charge in [-0.3, -0.25) is 0 Å². The molecule has 7 heteroatoms. The Labute approximate surface area is 117 Å². The third-order valence-electron chi connectivity index (χ3n) is 1.89. The molecule has 0 saturated carbocycles. The zero-order valence-electron chi connectivity index (χ0n) is 8.36. The van der Waals surface area contributed by atoms with Crippen LogP contribution >= 0.6 is 64.1 Å². The third-order valence-corrected chi connectivity index (χ3v) is 3.51. The molecule has 1 unspecified atom stereocenters. The zero-order valence-corrected chi connectivity index (χ0v) is 13.0. The van der Waals surface area contributed by atoms with Gasteiger partial charge in [-0.25, -0.2) is 0 Å². The summed E-state index contributed by atoms with van der Waals surface area (Å²) in [4.78, 5) is 0. The molecule has 0 fully saturated rings. The Morgan fingerprint density at radius 1 is 1.13 bits per heavy atom. The van der Waals surface area contributed by atoms with Crippen LogP contribution in [-0.4, -0.2) is 9.90 Å². The van der Waals surface area contributed by atoms with Gasteiger partial charge in [0.25, 0.3) is 0 Å². The van der Waals surface area contributed by atoms with Crippen LogP contribution in [0.5, 0.6) is 0 Å². The topological polar surface area (TPSA) is 9.23 Å². The van der Waals surface area contributed by atoms with Gasteiger partial charge in [-0.2, -0.15) is 0 Å². The summed E-state index contributed by atoms with van der Waals surface area (Å²) in [6.07, 6.45) is 4.51. The summed E-state index contributed by atoms with van der Waals surface area (Å²) in [5, 5.41) is 0. The lowest BCUT2D eigenvalue weighted by molar-refractivity contribution is 0.221. The molecule has 0 saturated heterocycles. The Hall–Kier alpha value is 1.84. The van der Waals surface area contributed by atoms with Crippen LogP contribution < -0.4 is 0 Å². The van der Waals surface area contributed by atoms with Crippen molar-refractivity contribution in [3.63, 3.8) is 0 Å². The summed E-state index contributed by atoms with van der Waals surface area (Å²) in [5.74, 6) is 0. The summed E-state index contributed by atoms with van der Waals surface area (Å²) in [7, 11) is 0. The van der Waals surface area contributed by atoms with Gasteiger partial charge in [0.2, 0.25) is 10.6 Å². The molecule has 1 atom stereocenters. The SMILES string of the molecule is CCCCCCC(OP(Cl)Cl)C(Cl)(Cl)Cl. The molecule has 0 aliphatic heterocycles. The highest BCUT2D eigenvalue weighted by Crippen LogP contribution is 2.52. The Bertz CT molecular complexity index is 162. The fraction of sp³-hybridized carbons (Fsp3) is 1.00. The fourth-order valence-corrected chi connectivity index (χ4v) is 2.81. The highest BCUT2D eigenvalue weighted by Gasteiger charge is 2.34. The van der Waals surface area contributed by atoms with Gasteiger partial charge in [0.05, 0.1) is 0 Å². The van der Waals surface area contributed by atoms with Crippen LogP contribution in [0.3, 0.4) is 0 Å². The molecule has 0 amide bonds. The second-order valence-corrected chi connectivity index (χ2v) is 8.53. The lowest BCUT2D eigenvalue weighted by atomic mass is 10.1. The highest BCUT2D eigenvalue weighted by molar-refractivity contribution is 8.00. The van der Waals surface area contributed by atoms with Gasteiger partial charge < -0.3 is 4.52 Å². The monoisotopic (exact) mass is 332 g/mol. The van der Waals surface area contributed by atoms with Crippen molar-refractivity contribution >= 4 is 64.1 Å². The second-order valence-electron chi connectivity index (χ2n) is 3.19. The molecule has 0 bridgehead atoms. The molecular formula is C8H14Cl5OP. The van der Waals surface area contributed by atoms with Crippen LogP contribution in [0.15, 0.2) is 0 Å². The predicted octanol–water partition coefficient (Wildman–Crippen LogP) is 6.42. The van der Waals surface area contributed by atoms with Gasteiger partial charge >= 0.3 is 0 Å². The molecule has 92 valence electrons. The van der Waals surface area contributed by atoms with E-state index >= 15 is 0 Å².